The minimum atomic E-state index is -0.0401. The Morgan fingerprint density at radius 1 is 1.16 bits per heavy atom. The maximum Gasteiger partial charge on any atom is 0.224 e. The second-order valence-corrected chi connectivity index (χ2v) is 7.86. The molecule has 0 aliphatic rings. The van der Waals surface area contributed by atoms with Crippen molar-refractivity contribution in [3.63, 3.8) is 0 Å². The average Bonchev–Trinajstić information content (AvgIpc) is 2.80. The van der Waals surface area contributed by atoms with E-state index >= 15 is 0 Å². The molecule has 0 spiro atoms. The molecule has 1 amide bonds. The molecule has 0 aliphatic heterocycles. The van der Waals surface area contributed by atoms with Gasteiger partial charge in [-0.2, -0.15) is 0 Å². The van der Waals surface area contributed by atoms with E-state index in [1.54, 1.807) is 37.6 Å². The molecular weight excluding hydrogens is 424 g/mol. The molecule has 5 nitrogen and oxygen atoms in total. The number of ether oxygens (including phenoxy) is 1. The molecule has 32 heavy (non-hydrogen) atoms. The summed E-state index contributed by atoms with van der Waals surface area (Å²) < 4.78 is 5.41. The van der Waals surface area contributed by atoms with Crippen LogP contribution in [0.5, 0.6) is 11.5 Å². The maximum absolute atomic E-state index is 12.0. The van der Waals surface area contributed by atoms with E-state index in [1.165, 1.54) is 0 Å². The third-order valence-corrected chi connectivity index (χ3v) is 5.38. The van der Waals surface area contributed by atoms with Crippen molar-refractivity contribution >= 4 is 35.1 Å². The first-order chi connectivity index (χ1) is 15.5. The first-order valence-corrected chi connectivity index (χ1v) is 10.9. The molecule has 2 N–H and O–H groups in total. The van der Waals surface area contributed by atoms with Gasteiger partial charge in [0.15, 0.2) is 0 Å². The maximum atomic E-state index is 12.0. The van der Waals surface area contributed by atoms with Crippen molar-refractivity contribution in [3.8, 4) is 11.5 Å². The number of aliphatic imine (C=N–C) groups is 1. The Morgan fingerprint density at radius 3 is 2.72 bits per heavy atom. The smallest absolute Gasteiger partial charge is 0.224 e. The Morgan fingerprint density at radius 2 is 1.97 bits per heavy atom. The number of phenols is 1. The molecule has 0 aliphatic carbocycles. The predicted octanol–water partition coefficient (Wildman–Crippen LogP) is 6.52. The van der Waals surface area contributed by atoms with E-state index in [-0.39, 0.29) is 11.7 Å². The molecule has 0 saturated carbocycles. The molecule has 0 saturated heterocycles. The van der Waals surface area contributed by atoms with Crippen LogP contribution in [-0.2, 0) is 11.2 Å². The normalized spacial score (nSPS) is 11.0. The van der Waals surface area contributed by atoms with Gasteiger partial charge >= 0.3 is 0 Å². The highest BCUT2D eigenvalue weighted by molar-refractivity contribution is 6.31. The predicted molar refractivity (Wildman–Crippen MR) is 131 cm³/mol. The van der Waals surface area contributed by atoms with Crippen molar-refractivity contribution in [2.45, 2.75) is 32.6 Å². The van der Waals surface area contributed by atoms with Gasteiger partial charge in [0.25, 0.3) is 0 Å². The number of nitrogens with one attached hydrogen (secondary N) is 1. The number of hydrogen-bond donors (Lipinski definition) is 2. The van der Waals surface area contributed by atoms with E-state index < -0.39 is 0 Å². The lowest BCUT2D eigenvalue weighted by Crippen LogP contribution is -2.11. The number of methoxy groups -OCH3 is 1. The lowest BCUT2D eigenvalue weighted by molar-refractivity contribution is -0.116. The summed E-state index contributed by atoms with van der Waals surface area (Å²) in [5, 5.41) is 13.8. The molecule has 3 rings (SSSR count). The van der Waals surface area contributed by atoms with Gasteiger partial charge in [-0.3, -0.25) is 9.79 Å². The van der Waals surface area contributed by atoms with Gasteiger partial charge < -0.3 is 15.2 Å². The number of carbonyl (C=O) groups is 1. The number of rotatable bonds is 9. The number of halogens is 1. The molecule has 0 bridgehead atoms. The number of carbonyl (C=O) groups excluding carboxylic acids is 1. The van der Waals surface area contributed by atoms with Crippen molar-refractivity contribution < 1.29 is 14.6 Å². The van der Waals surface area contributed by atoms with Gasteiger partial charge in [0, 0.05) is 29.3 Å². The van der Waals surface area contributed by atoms with Crippen molar-refractivity contribution in [1.29, 1.82) is 0 Å². The molecule has 0 atom stereocenters. The zero-order valence-corrected chi connectivity index (χ0v) is 19.0. The van der Waals surface area contributed by atoms with Gasteiger partial charge in [-0.1, -0.05) is 49.2 Å². The summed E-state index contributed by atoms with van der Waals surface area (Å²) in [6.07, 6.45) is 4.55. The Kier molecular flexibility index (Phi) is 8.28. The van der Waals surface area contributed by atoms with Gasteiger partial charge in [-0.25, -0.2) is 0 Å². The van der Waals surface area contributed by atoms with Crippen molar-refractivity contribution in [2.24, 2.45) is 4.99 Å². The van der Waals surface area contributed by atoms with Crippen LogP contribution in [0.2, 0.25) is 5.02 Å². The number of unbranched alkanes of at least 4 members (excludes halogenated alkanes) is 1. The van der Waals surface area contributed by atoms with Gasteiger partial charge in [0.2, 0.25) is 5.91 Å². The first kappa shape index (κ1) is 23.4. The third-order valence-electron chi connectivity index (χ3n) is 5.01. The zero-order valence-electron chi connectivity index (χ0n) is 18.3. The molecule has 166 valence electrons. The lowest BCUT2D eigenvalue weighted by atomic mass is 10.0. The minimum Gasteiger partial charge on any atom is -0.507 e. The van der Waals surface area contributed by atoms with Crippen LogP contribution in [0, 0.1) is 0 Å². The highest BCUT2D eigenvalue weighted by Crippen LogP contribution is 2.30. The Balaban J connectivity index is 1.76. The van der Waals surface area contributed by atoms with Crippen LogP contribution >= 0.6 is 11.6 Å². The average molecular weight is 451 g/mol. The van der Waals surface area contributed by atoms with Crippen LogP contribution in [0.3, 0.4) is 0 Å². The van der Waals surface area contributed by atoms with E-state index in [2.05, 4.69) is 10.3 Å². The summed E-state index contributed by atoms with van der Waals surface area (Å²) in [6, 6.07) is 18.4. The number of benzene rings is 3. The molecule has 0 unspecified atom stereocenters. The third kappa shape index (κ3) is 6.34. The van der Waals surface area contributed by atoms with Gasteiger partial charge in [-0.15, -0.1) is 0 Å². The number of hydrogen-bond acceptors (Lipinski definition) is 4. The van der Waals surface area contributed by atoms with E-state index in [0.717, 1.165) is 24.0 Å². The summed E-state index contributed by atoms with van der Waals surface area (Å²) in [5.41, 5.74) is 3.89. The molecule has 0 radical (unpaired) electrons. The molecule has 3 aromatic rings. The van der Waals surface area contributed by atoms with Crippen molar-refractivity contribution in [1.82, 2.24) is 0 Å². The summed E-state index contributed by atoms with van der Waals surface area (Å²) in [5.74, 6) is 0.631. The zero-order chi connectivity index (χ0) is 22.9. The largest absolute Gasteiger partial charge is 0.507 e. The fourth-order valence-corrected chi connectivity index (χ4v) is 3.44. The van der Waals surface area contributed by atoms with Crippen LogP contribution in [-0.4, -0.2) is 24.3 Å². The summed E-state index contributed by atoms with van der Waals surface area (Å²) in [6.45, 7) is 2.05. The van der Waals surface area contributed by atoms with Crippen LogP contribution < -0.4 is 10.1 Å². The Hall–Kier alpha value is -3.31. The van der Waals surface area contributed by atoms with Gasteiger partial charge in [-0.05, 0) is 54.3 Å². The minimum absolute atomic E-state index is 0.0401. The standard InChI is InChI=1S/C26H27ClN2O3/c1-3-4-9-26(31)29-23-12-11-21(16-25(23)32-2)28-17-20-15-18(10-13-24(20)30)14-19-7-5-6-8-22(19)27/h5-8,10-13,15-17,30H,3-4,9,14H2,1-2H3,(H,29,31). The van der Waals surface area contributed by atoms with E-state index in [9.17, 15) is 9.90 Å². The number of anilines is 1. The van der Waals surface area contributed by atoms with Gasteiger partial charge in [0.1, 0.15) is 11.5 Å². The van der Waals surface area contributed by atoms with E-state index in [4.69, 9.17) is 16.3 Å². The molecule has 0 heterocycles. The number of phenolic OH excluding ortho intramolecular Hbond substituents is 1. The molecule has 0 fully saturated rings. The highest BCUT2D eigenvalue weighted by Gasteiger charge is 2.09. The van der Waals surface area contributed by atoms with Crippen LogP contribution in [0.1, 0.15) is 42.9 Å². The van der Waals surface area contributed by atoms with Crippen LogP contribution in [0.15, 0.2) is 65.7 Å². The summed E-state index contributed by atoms with van der Waals surface area (Å²) in [7, 11) is 1.55. The van der Waals surface area contributed by atoms with Crippen LogP contribution in [0.25, 0.3) is 0 Å². The number of amides is 1. The van der Waals surface area contributed by atoms with Crippen molar-refractivity contribution in [2.75, 3.05) is 12.4 Å². The monoisotopic (exact) mass is 450 g/mol. The molecule has 0 aromatic heterocycles. The van der Waals surface area contributed by atoms with E-state index in [0.29, 0.717) is 40.6 Å². The molecular formula is C26H27ClN2O3. The number of nitrogens with zero attached hydrogens (tertiary/aromatic N) is 1. The fourth-order valence-electron chi connectivity index (χ4n) is 3.24. The Labute approximate surface area is 193 Å². The second kappa shape index (κ2) is 11.3. The first-order valence-electron chi connectivity index (χ1n) is 10.6. The van der Waals surface area contributed by atoms with E-state index in [1.807, 2.05) is 43.3 Å². The molecule has 6 heteroatoms. The second-order valence-electron chi connectivity index (χ2n) is 7.46. The number of aromatic hydroxyl groups is 1. The quantitative estimate of drug-likeness (QED) is 0.364. The lowest BCUT2D eigenvalue weighted by Gasteiger charge is -2.11. The SMILES string of the molecule is CCCCC(=O)Nc1ccc(N=Cc2cc(Cc3ccccc3Cl)ccc2O)cc1OC. The van der Waals surface area contributed by atoms with Gasteiger partial charge in [0.05, 0.1) is 18.5 Å². The van der Waals surface area contributed by atoms with Crippen molar-refractivity contribution in [3.05, 3.63) is 82.4 Å². The summed E-state index contributed by atoms with van der Waals surface area (Å²) >= 11 is 6.27. The fraction of sp³-hybridized carbons (Fsp3) is 0.231. The van der Waals surface area contributed by atoms with Crippen LogP contribution in [0.4, 0.5) is 11.4 Å². The topological polar surface area (TPSA) is 70.9 Å². The summed E-state index contributed by atoms with van der Waals surface area (Å²) in [4.78, 5) is 16.5. The highest BCUT2D eigenvalue weighted by atomic mass is 35.5. The molecule has 3 aromatic carbocycles. The Bertz CT molecular complexity index is 1110.